The minimum absolute atomic E-state index is 0.0360. The number of benzene rings is 1. The van der Waals surface area contributed by atoms with Crippen molar-refractivity contribution in [1.82, 2.24) is 10.2 Å². The van der Waals surface area contributed by atoms with Gasteiger partial charge in [0.2, 0.25) is 5.91 Å². The smallest absolute Gasteiger partial charge is 0.220 e. The zero-order chi connectivity index (χ0) is 19.1. The van der Waals surface area contributed by atoms with Crippen LogP contribution < -0.4 is 5.32 Å². The van der Waals surface area contributed by atoms with Crippen molar-refractivity contribution in [3.63, 3.8) is 0 Å². The lowest BCUT2D eigenvalue weighted by atomic mass is 9.93. The first-order valence-corrected chi connectivity index (χ1v) is 9.71. The molecule has 0 spiro atoms. The van der Waals surface area contributed by atoms with Crippen molar-refractivity contribution in [2.24, 2.45) is 0 Å². The van der Waals surface area contributed by atoms with Crippen molar-refractivity contribution in [3.8, 4) is 0 Å². The molecule has 1 unspecified atom stereocenters. The van der Waals surface area contributed by atoms with Gasteiger partial charge in [-0.25, -0.2) is 0 Å². The summed E-state index contributed by atoms with van der Waals surface area (Å²) in [7, 11) is 0. The lowest BCUT2D eigenvalue weighted by molar-refractivity contribution is -0.122. The van der Waals surface area contributed by atoms with E-state index in [4.69, 9.17) is 9.15 Å². The minimum Gasteiger partial charge on any atom is -0.469 e. The molecule has 0 radical (unpaired) electrons. The van der Waals surface area contributed by atoms with E-state index in [9.17, 15) is 4.79 Å². The first kappa shape index (κ1) is 19.6. The van der Waals surface area contributed by atoms with Crippen LogP contribution in [0.5, 0.6) is 0 Å². The molecule has 0 bridgehead atoms. The summed E-state index contributed by atoms with van der Waals surface area (Å²) >= 11 is 0. The van der Waals surface area contributed by atoms with Gasteiger partial charge in [0, 0.05) is 37.5 Å². The van der Waals surface area contributed by atoms with E-state index in [2.05, 4.69) is 36.2 Å². The van der Waals surface area contributed by atoms with Crippen LogP contribution in [-0.2, 0) is 16.0 Å². The molecule has 1 aromatic heterocycles. The Bertz CT molecular complexity index is 692. The van der Waals surface area contributed by atoms with E-state index >= 15 is 0 Å². The predicted molar refractivity (Wildman–Crippen MR) is 106 cm³/mol. The summed E-state index contributed by atoms with van der Waals surface area (Å²) in [6, 6.07) is 14.1. The fourth-order valence-corrected chi connectivity index (χ4v) is 3.59. The highest BCUT2D eigenvalue weighted by molar-refractivity contribution is 5.76. The number of rotatable bonds is 8. The lowest BCUT2D eigenvalue weighted by Crippen LogP contribution is -2.55. The molecule has 1 aliphatic rings. The van der Waals surface area contributed by atoms with Gasteiger partial charge >= 0.3 is 0 Å². The zero-order valence-electron chi connectivity index (χ0n) is 16.3. The Morgan fingerprint density at radius 1 is 1.15 bits per heavy atom. The fraction of sp³-hybridized carbons (Fsp3) is 0.500. The molecule has 0 aliphatic carbocycles. The van der Waals surface area contributed by atoms with Gasteiger partial charge in [0.25, 0.3) is 0 Å². The monoisotopic (exact) mass is 370 g/mol. The minimum atomic E-state index is -0.0843. The number of ether oxygens (including phenoxy) is 1. The molecule has 1 atom stereocenters. The van der Waals surface area contributed by atoms with Crippen LogP contribution in [0.1, 0.15) is 37.5 Å². The molecule has 1 N–H and O–H groups in total. The molecule has 5 heteroatoms. The van der Waals surface area contributed by atoms with Crippen molar-refractivity contribution in [2.45, 2.75) is 38.1 Å². The van der Waals surface area contributed by atoms with E-state index in [1.54, 1.807) is 6.26 Å². The number of amides is 1. The standard InChI is InChI=1S/C22H30N2O3/c1-22(2,24-10-13-26-14-11-24)17-23-21(25)16-19(20-9-6-12-27-20)15-18-7-4-3-5-8-18/h3-9,12,19H,10-11,13-17H2,1-2H3,(H,23,25). The van der Waals surface area contributed by atoms with Crippen LogP contribution in [0.15, 0.2) is 53.1 Å². The van der Waals surface area contributed by atoms with Gasteiger partial charge in [0.1, 0.15) is 5.76 Å². The van der Waals surface area contributed by atoms with Crippen LogP contribution in [0.4, 0.5) is 0 Å². The van der Waals surface area contributed by atoms with E-state index in [0.717, 1.165) is 38.5 Å². The average molecular weight is 370 g/mol. The molecule has 5 nitrogen and oxygen atoms in total. The number of carbonyl (C=O) groups is 1. The average Bonchev–Trinajstić information content (AvgIpc) is 3.22. The maximum absolute atomic E-state index is 12.7. The second-order valence-electron chi connectivity index (χ2n) is 7.79. The van der Waals surface area contributed by atoms with Gasteiger partial charge in [0.05, 0.1) is 19.5 Å². The Hall–Kier alpha value is -2.11. The van der Waals surface area contributed by atoms with Crippen LogP contribution in [0.25, 0.3) is 0 Å². The van der Waals surface area contributed by atoms with E-state index in [0.29, 0.717) is 13.0 Å². The summed E-state index contributed by atoms with van der Waals surface area (Å²) in [4.78, 5) is 15.1. The summed E-state index contributed by atoms with van der Waals surface area (Å²) < 4.78 is 11.0. The van der Waals surface area contributed by atoms with Crippen LogP contribution >= 0.6 is 0 Å². The number of furan rings is 1. The van der Waals surface area contributed by atoms with Crippen molar-refractivity contribution < 1.29 is 13.9 Å². The van der Waals surface area contributed by atoms with Crippen molar-refractivity contribution in [2.75, 3.05) is 32.8 Å². The molecule has 3 rings (SSSR count). The summed E-state index contributed by atoms with van der Waals surface area (Å²) in [6.45, 7) is 8.31. The van der Waals surface area contributed by atoms with Gasteiger partial charge in [-0.3, -0.25) is 9.69 Å². The van der Waals surface area contributed by atoms with Gasteiger partial charge in [-0.15, -0.1) is 0 Å². The molecule has 0 saturated carbocycles. The third kappa shape index (κ3) is 5.68. The number of carbonyl (C=O) groups excluding carboxylic acids is 1. The Morgan fingerprint density at radius 3 is 2.56 bits per heavy atom. The quantitative estimate of drug-likeness (QED) is 0.775. The number of nitrogens with zero attached hydrogens (tertiary/aromatic N) is 1. The third-order valence-corrected chi connectivity index (χ3v) is 5.29. The first-order chi connectivity index (χ1) is 13.0. The number of hydrogen-bond acceptors (Lipinski definition) is 4. The lowest BCUT2D eigenvalue weighted by Gasteiger charge is -2.40. The zero-order valence-corrected chi connectivity index (χ0v) is 16.3. The highest BCUT2D eigenvalue weighted by Gasteiger charge is 2.29. The van der Waals surface area contributed by atoms with Crippen LogP contribution in [-0.4, -0.2) is 49.2 Å². The summed E-state index contributed by atoms with van der Waals surface area (Å²) in [5, 5.41) is 3.14. The van der Waals surface area contributed by atoms with Gasteiger partial charge in [-0.05, 0) is 38.0 Å². The number of nitrogens with one attached hydrogen (secondary N) is 1. The Kier molecular flexibility index (Phi) is 6.69. The Morgan fingerprint density at radius 2 is 1.89 bits per heavy atom. The molecular formula is C22H30N2O3. The highest BCUT2D eigenvalue weighted by atomic mass is 16.5. The molecule has 2 aromatic rings. The first-order valence-electron chi connectivity index (χ1n) is 9.71. The van der Waals surface area contributed by atoms with Crippen molar-refractivity contribution >= 4 is 5.91 Å². The molecule has 1 aliphatic heterocycles. The van der Waals surface area contributed by atoms with E-state index in [-0.39, 0.29) is 17.4 Å². The molecule has 1 fully saturated rings. The highest BCUT2D eigenvalue weighted by Crippen LogP contribution is 2.25. The van der Waals surface area contributed by atoms with E-state index in [1.807, 2.05) is 30.3 Å². The third-order valence-electron chi connectivity index (χ3n) is 5.29. The van der Waals surface area contributed by atoms with Crippen LogP contribution in [0.3, 0.4) is 0 Å². The number of morpholine rings is 1. The van der Waals surface area contributed by atoms with Gasteiger partial charge in [-0.2, -0.15) is 0 Å². The SMILES string of the molecule is CC(C)(CNC(=O)CC(Cc1ccccc1)c1ccco1)N1CCOCC1. The molecule has 146 valence electrons. The number of hydrogen-bond donors (Lipinski definition) is 1. The molecule has 1 saturated heterocycles. The fourth-order valence-electron chi connectivity index (χ4n) is 3.59. The summed E-state index contributed by atoms with van der Waals surface area (Å²) in [5.41, 5.74) is 1.12. The molecule has 27 heavy (non-hydrogen) atoms. The van der Waals surface area contributed by atoms with E-state index < -0.39 is 0 Å². The normalized spacial score (nSPS) is 16.8. The Labute approximate surface area is 161 Å². The van der Waals surface area contributed by atoms with Gasteiger partial charge < -0.3 is 14.5 Å². The molecule has 1 amide bonds. The Balaban J connectivity index is 1.57. The van der Waals surface area contributed by atoms with E-state index in [1.165, 1.54) is 5.56 Å². The maximum atomic E-state index is 12.7. The molecule has 1 aromatic carbocycles. The van der Waals surface area contributed by atoms with Crippen molar-refractivity contribution in [3.05, 3.63) is 60.1 Å². The van der Waals surface area contributed by atoms with Crippen molar-refractivity contribution in [1.29, 1.82) is 0 Å². The van der Waals surface area contributed by atoms with Gasteiger partial charge in [-0.1, -0.05) is 30.3 Å². The summed E-state index contributed by atoms with van der Waals surface area (Å²) in [6.07, 6.45) is 2.88. The maximum Gasteiger partial charge on any atom is 0.220 e. The van der Waals surface area contributed by atoms with Crippen LogP contribution in [0, 0.1) is 0 Å². The van der Waals surface area contributed by atoms with Gasteiger partial charge in [0.15, 0.2) is 0 Å². The second kappa shape index (κ2) is 9.20. The topological polar surface area (TPSA) is 54.7 Å². The largest absolute Gasteiger partial charge is 0.469 e. The summed E-state index contributed by atoms with van der Waals surface area (Å²) in [5.74, 6) is 0.962. The molecular weight excluding hydrogens is 340 g/mol. The van der Waals surface area contributed by atoms with Crippen LogP contribution in [0.2, 0.25) is 0 Å². The predicted octanol–water partition coefficient (Wildman–Crippen LogP) is 3.22. The molecule has 2 heterocycles. The second-order valence-corrected chi connectivity index (χ2v) is 7.79.